The van der Waals surface area contributed by atoms with Crippen molar-refractivity contribution in [3.05, 3.63) is 0 Å². The fourth-order valence-electron chi connectivity index (χ4n) is 1.26. The molecule has 0 saturated heterocycles. The maximum absolute atomic E-state index is 6.13. The molecule has 0 aliphatic heterocycles. The van der Waals surface area contributed by atoms with E-state index in [0.717, 1.165) is 32.8 Å². The van der Waals surface area contributed by atoms with E-state index in [1.165, 1.54) is 0 Å². The molecule has 0 heterocycles. The fourth-order valence-corrected chi connectivity index (χ4v) is 2.29. The van der Waals surface area contributed by atoms with Gasteiger partial charge in [0.1, 0.15) is 0 Å². The topological polar surface area (TPSA) is 38.5 Å². The van der Waals surface area contributed by atoms with Crippen LogP contribution in [0.5, 0.6) is 0 Å². The Bertz CT molecular complexity index is 190. The third-order valence-corrected chi connectivity index (χ3v) is 8.11. The van der Waals surface area contributed by atoms with Crippen molar-refractivity contribution in [2.45, 2.75) is 45.8 Å². The van der Waals surface area contributed by atoms with Crippen LogP contribution in [0.4, 0.5) is 0 Å². The van der Waals surface area contributed by atoms with Gasteiger partial charge in [-0.1, -0.05) is 27.7 Å². The molecule has 0 amide bonds. The molecular weight excluding hydrogens is 216 g/mol. The lowest BCUT2D eigenvalue weighted by atomic mass is 10.2. The van der Waals surface area contributed by atoms with E-state index in [9.17, 15) is 0 Å². The summed E-state index contributed by atoms with van der Waals surface area (Å²) in [6.07, 6.45) is 0. The Morgan fingerprint density at radius 1 is 1.19 bits per heavy atom. The summed E-state index contributed by atoms with van der Waals surface area (Å²) in [6, 6.07) is 0. The average molecular weight is 246 g/mol. The van der Waals surface area contributed by atoms with Gasteiger partial charge in [0, 0.05) is 26.2 Å². The molecule has 3 nitrogen and oxygen atoms in total. The SMILES string of the molecule is CCN(CCN)CCO[Si](C)(C)C(C)(C)C. The van der Waals surface area contributed by atoms with Crippen molar-refractivity contribution in [3.8, 4) is 0 Å². The molecular formula is C12H30N2OSi. The van der Waals surface area contributed by atoms with Crippen LogP contribution >= 0.6 is 0 Å². The first-order valence-electron chi connectivity index (χ1n) is 6.31. The molecule has 0 rings (SSSR count). The Labute approximate surface area is 102 Å². The van der Waals surface area contributed by atoms with E-state index in [0.29, 0.717) is 5.04 Å². The van der Waals surface area contributed by atoms with Gasteiger partial charge in [0.15, 0.2) is 8.32 Å². The molecule has 0 unspecified atom stereocenters. The predicted octanol–water partition coefficient (Wildman–Crippen LogP) is 2.29. The molecule has 98 valence electrons. The molecule has 0 aromatic heterocycles. The van der Waals surface area contributed by atoms with Gasteiger partial charge in [0.05, 0.1) is 0 Å². The van der Waals surface area contributed by atoms with E-state index in [4.69, 9.17) is 10.2 Å². The highest BCUT2D eigenvalue weighted by molar-refractivity contribution is 6.74. The van der Waals surface area contributed by atoms with Gasteiger partial charge in [-0.15, -0.1) is 0 Å². The van der Waals surface area contributed by atoms with Crippen molar-refractivity contribution in [2.24, 2.45) is 5.73 Å². The van der Waals surface area contributed by atoms with Crippen LogP contribution < -0.4 is 5.73 Å². The van der Waals surface area contributed by atoms with Gasteiger partial charge in [0.25, 0.3) is 0 Å². The number of nitrogens with zero attached hydrogens (tertiary/aromatic N) is 1. The highest BCUT2D eigenvalue weighted by Gasteiger charge is 2.36. The van der Waals surface area contributed by atoms with Gasteiger partial charge >= 0.3 is 0 Å². The Morgan fingerprint density at radius 2 is 1.75 bits per heavy atom. The van der Waals surface area contributed by atoms with E-state index < -0.39 is 8.32 Å². The molecule has 0 bridgehead atoms. The summed E-state index contributed by atoms with van der Waals surface area (Å²) in [5.41, 5.74) is 5.56. The van der Waals surface area contributed by atoms with Crippen molar-refractivity contribution < 1.29 is 4.43 Å². The third kappa shape index (κ3) is 5.43. The van der Waals surface area contributed by atoms with Crippen molar-refractivity contribution >= 4 is 8.32 Å². The predicted molar refractivity (Wildman–Crippen MR) is 74.3 cm³/mol. The molecule has 16 heavy (non-hydrogen) atoms. The minimum atomic E-state index is -1.57. The summed E-state index contributed by atoms with van der Waals surface area (Å²) in [6.45, 7) is 18.2. The molecule has 0 fully saturated rings. The van der Waals surface area contributed by atoms with Crippen LogP contribution in [0.1, 0.15) is 27.7 Å². The molecule has 4 heteroatoms. The molecule has 0 aromatic carbocycles. The van der Waals surface area contributed by atoms with Gasteiger partial charge in [-0.05, 0) is 24.7 Å². The van der Waals surface area contributed by atoms with Crippen LogP contribution in [0, 0.1) is 0 Å². The summed E-state index contributed by atoms with van der Waals surface area (Å²) < 4.78 is 6.13. The van der Waals surface area contributed by atoms with Crippen molar-refractivity contribution in [2.75, 3.05) is 32.8 Å². The maximum atomic E-state index is 6.13. The zero-order valence-corrected chi connectivity index (χ0v) is 13.0. The second kappa shape index (κ2) is 6.74. The fraction of sp³-hybridized carbons (Fsp3) is 1.00. The molecule has 0 aromatic rings. The molecule has 2 N–H and O–H groups in total. The number of hydrogen-bond acceptors (Lipinski definition) is 3. The van der Waals surface area contributed by atoms with Crippen LogP contribution in [0.15, 0.2) is 0 Å². The lowest BCUT2D eigenvalue weighted by Crippen LogP contribution is -2.43. The standard InChI is InChI=1S/C12H30N2OSi/c1-7-14(9-8-13)10-11-15-16(5,6)12(2,3)4/h7-11,13H2,1-6H3. The average Bonchev–Trinajstić information content (AvgIpc) is 2.14. The second-order valence-electron chi connectivity index (χ2n) is 5.83. The molecule has 0 radical (unpaired) electrons. The van der Waals surface area contributed by atoms with E-state index in [1.54, 1.807) is 0 Å². The van der Waals surface area contributed by atoms with Gasteiger partial charge in [-0.3, -0.25) is 0 Å². The van der Waals surface area contributed by atoms with Crippen LogP contribution in [0.3, 0.4) is 0 Å². The number of hydrogen-bond donors (Lipinski definition) is 1. The highest BCUT2D eigenvalue weighted by Crippen LogP contribution is 2.36. The summed E-state index contributed by atoms with van der Waals surface area (Å²) in [5, 5.41) is 0.303. The summed E-state index contributed by atoms with van der Waals surface area (Å²) in [7, 11) is -1.57. The summed E-state index contributed by atoms with van der Waals surface area (Å²) >= 11 is 0. The molecule has 0 aliphatic rings. The van der Waals surface area contributed by atoms with E-state index in [-0.39, 0.29) is 0 Å². The Kier molecular flexibility index (Phi) is 6.78. The number of likely N-dealkylation sites (N-methyl/N-ethyl adjacent to an activating group) is 1. The quantitative estimate of drug-likeness (QED) is 0.701. The van der Waals surface area contributed by atoms with Gasteiger partial charge in [-0.25, -0.2) is 0 Å². The monoisotopic (exact) mass is 246 g/mol. The summed E-state index contributed by atoms with van der Waals surface area (Å²) in [4.78, 5) is 2.34. The van der Waals surface area contributed by atoms with Crippen LogP contribution in [0.2, 0.25) is 18.1 Å². The van der Waals surface area contributed by atoms with Crippen molar-refractivity contribution in [1.29, 1.82) is 0 Å². The molecule has 0 aliphatic carbocycles. The Hall–Kier alpha value is 0.0969. The van der Waals surface area contributed by atoms with Crippen molar-refractivity contribution in [1.82, 2.24) is 4.90 Å². The Balaban J connectivity index is 3.97. The smallest absolute Gasteiger partial charge is 0.192 e. The van der Waals surface area contributed by atoms with Gasteiger partial charge in [0.2, 0.25) is 0 Å². The van der Waals surface area contributed by atoms with Crippen molar-refractivity contribution in [3.63, 3.8) is 0 Å². The number of nitrogens with two attached hydrogens (primary N) is 1. The zero-order chi connectivity index (χ0) is 12.8. The summed E-state index contributed by atoms with van der Waals surface area (Å²) in [5.74, 6) is 0. The van der Waals surface area contributed by atoms with E-state index >= 15 is 0 Å². The first-order valence-corrected chi connectivity index (χ1v) is 9.22. The van der Waals surface area contributed by atoms with Crippen LogP contribution in [0.25, 0.3) is 0 Å². The third-order valence-electron chi connectivity index (χ3n) is 3.57. The molecule has 0 spiro atoms. The second-order valence-corrected chi connectivity index (χ2v) is 10.6. The van der Waals surface area contributed by atoms with Gasteiger partial charge < -0.3 is 15.1 Å². The number of rotatable bonds is 7. The molecule has 0 atom stereocenters. The maximum Gasteiger partial charge on any atom is 0.192 e. The highest BCUT2D eigenvalue weighted by atomic mass is 28.4. The minimum Gasteiger partial charge on any atom is -0.416 e. The van der Waals surface area contributed by atoms with Crippen LogP contribution in [-0.4, -0.2) is 46.0 Å². The minimum absolute atomic E-state index is 0.303. The van der Waals surface area contributed by atoms with E-state index in [2.05, 4.69) is 45.7 Å². The first-order chi connectivity index (χ1) is 7.24. The first kappa shape index (κ1) is 16.1. The van der Waals surface area contributed by atoms with E-state index in [1.807, 2.05) is 0 Å². The van der Waals surface area contributed by atoms with Gasteiger partial charge in [-0.2, -0.15) is 0 Å². The largest absolute Gasteiger partial charge is 0.416 e. The zero-order valence-electron chi connectivity index (χ0n) is 12.0. The Morgan fingerprint density at radius 3 is 2.12 bits per heavy atom. The van der Waals surface area contributed by atoms with Crippen LogP contribution in [-0.2, 0) is 4.43 Å². The normalized spacial score (nSPS) is 13.5. The molecule has 0 saturated carbocycles. The lowest BCUT2D eigenvalue weighted by Gasteiger charge is -2.36. The lowest BCUT2D eigenvalue weighted by molar-refractivity contribution is 0.207.